The molecule has 2 heterocycles. The van der Waals surface area contributed by atoms with Crippen molar-refractivity contribution in [2.24, 2.45) is 16.1 Å². The van der Waals surface area contributed by atoms with E-state index in [1.165, 1.54) is 0 Å². The molecule has 90 valence electrons. The first-order valence-corrected chi connectivity index (χ1v) is 6.07. The van der Waals surface area contributed by atoms with Crippen LogP contribution in [0.1, 0.15) is 20.3 Å². The first kappa shape index (κ1) is 10.6. The highest BCUT2D eigenvalue weighted by molar-refractivity contribution is 6.24. The number of carbonyl (C=O) groups excluding carboxylic acids is 1. The Balaban J connectivity index is 2.25. The van der Waals surface area contributed by atoms with E-state index in [0.29, 0.717) is 5.70 Å². The van der Waals surface area contributed by atoms with Gasteiger partial charge in [0.25, 0.3) is 0 Å². The van der Waals surface area contributed by atoms with Crippen LogP contribution in [0.4, 0.5) is 0 Å². The van der Waals surface area contributed by atoms with Crippen LogP contribution in [0.5, 0.6) is 0 Å². The quantitative estimate of drug-likeness (QED) is 0.629. The largest absolute Gasteiger partial charge is 0.395 e. The molecule has 0 aromatic carbocycles. The zero-order valence-corrected chi connectivity index (χ0v) is 10.3. The molecule has 1 aliphatic carbocycles. The van der Waals surface area contributed by atoms with E-state index in [9.17, 15) is 4.79 Å². The van der Waals surface area contributed by atoms with E-state index >= 15 is 0 Å². The molecule has 0 atom stereocenters. The monoisotopic (exact) mass is 231 g/mol. The Morgan fingerprint density at radius 1 is 1.41 bits per heavy atom. The van der Waals surface area contributed by atoms with E-state index in [1.807, 2.05) is 0 Å². The van der Waals surface area contributed by atoms with Gasteiger partial charge in [-0.25, -0.2) is 0 Å². The number of hydrogen-bond donors (Lipinski definition) is 1. The third kappa shape index (κ3) is 1.36. The lowest BCUT2D eigenvalue weighted by atomic mass is 9.72. The number of nitrogens with zero attached hydrogens (tertiary/aromatic N) is 2. The molecule has 2 N–H and O–H groups in total. The van der Waals surface area contributed by atoms with E-state index < -0.39 is 0 Å². The fourth-order valence-electron chi connectivity index (χ4n) is 2.90. The van der Waals surface area contributed by atoms with Gasteiger partial charge in [-0.15, -0.1) is 0 Å². The minimum atomic E-state index is -0.0973. The highest BCUT2D eigenvalue weighted by Gasteiger charge is 2.42. The summed E-state index contributed by atoms with van der Waals surface area (Å²) >= 11 is 0. The summed E-state index contributed by atoms with van der Waals surface area (Å²) in [4.78, 5) is 19.0. The van der Waals surface area contributed by atoms with Crippen molar-refractivity contribution in [2.75, 3.05) is 19.6 Å². The predicted molar refractivity (Wildman–Crippen MR) is 66.6 cm³/mol. The summed E-state index contributed by atoms with van der Waals surface area (Å²) in [5.74, 6) is -0.00412. The molecule has 3 aliphatic rings. The standard InChI is InChI=1S/C13H17N3O/c1-13(2)3-5-16-6-4-15-9-7-8(14)12(17)10(13)11(9)16/h7H,3-6,14H2,1-2H3. The summed E-state index contributed by atoms with van der Waals surface area (Å²) in [5.41, 5.74) is 8.85. The SMILES string of the molecule is CC1(C)CCN2CCN=C3C=C(N)C(=O)C1=C32. The van der Waals surface area contributed by atoms with Gasteiger partial charge in [-0.1, -0.05) is 13.8 Å². The Labute approximate surface area is 101 Å². The fraction of sp³-hybridized carbons (Fsp3) is 0.538. The average molecular weight is 231 g/mol. The molecule has 0 aromatic rings. The fourth-order valence-corrected chi connectivity index (χ4v) is 2.90. The Morgan fingerprint density at radius 2 is 2.18 bits per heavy atom. The molecular formula is C13H17N3O. The molecule has 0 fully saturated rings. The third-order valence-electron chi connectivity index (χ3n) is 3.91. The Kier molecular flexibility index (Phi) is 2.00. The second-order valence-electron chi connectivity index (χ2n) is 5.54. The number of allylic oxidation sites excluding steroid dienone is 2. The number of ketones is 1. The Hall–Kier alpha value is -1.58. The second-order valence-corrected chi connectivity index (χ2v) is 5.54. The molecule has 4 nitrogen and oxygen atoms in total. The van der Waals surface area contributed by atoms with Crippen molar-refractivity contribution < 1.29 is 4.79 Å². The number of aliphatic imine (C=N–C) groups is 1. The van der Waals surface area contributed by atoms with Crippen molar-refractivity contribution in [3.05, 3.63) is 23.0 Å². The normalized spacial score (nSPS) is 26.5. The molecule has 0 radical (unpaired) electrons. The van der Waals surface area contributed by atoms with Crippen LogP contribution < -0.4 is 5.73 Å². The highest BCUT2D eigenvalue weighted by atomic mass is 16.1. The molecule has 17 heavy (non-hydrogen) atoms. The van der Waals surface area contributed by atoms with E-state index in [4.69, 9.17) is 5.73 Å². The van der Waals surface area contributed by atoms with Crippen LogP contribution in [0.15, 0.2) is 28.0 Å². The number of hydrogen-bond acceptors (Lipinski definition) is 4. The van der Waals surface area contributed by atoms with Gasteiger partial charge in [-0.05, 0) is 17.9 Å². The van der Waals surface area contributed by atoms with Gasteiger partial charge in [0.05, 0.1) is 23.7 Å². The van der Waals surface area contributed by atoms with Crippen LogP contribution in [0.25, 0.3) is 0 Å². The van der Waals surface area contributed by atoms with Gasteiger partial charge in [0.15, 0.2) is 0 Å². The summed E-state index contributed by atoms with van der Waals surface area (Å²) in [6, 6.07) is 0. The maximum atomic E-state index is 12.3. The lowest BCUT2D eigenvalue weighted by Crippen LogP contribution is -2.47. The lowest BCUT2D eigenvalue weighted by molar-refractivity contribution is -0.113. The van der Waals surface area contributed by atoms with Crippen LogP contribution in [0.3, 0.4) is 0 Å². The second kappa shape index (κ2) is 3.22. The van der Waals surface area contributed by atoms with E-state index in [-0.39, 0.29) is 11.2 Å². The third-order valence-corrected chi connectivity index (χ3v) is 3.91. The van der Waals surface area contributed by atoms with Crippen LogP contribution in [0.2, 0.25) is 0 Å². The van der Waals surface area contributed by atoms with Crippen LogP contribution in [0, 0.1) is 5.41 Å². The van der Waals surface area contributed by atoms with Gasteiger partial charge in [0, 0.05) is 18.7 Å². The summed E-state index contributed by atoms with van der Waals surface area (Å²) in [7, 11) is 0. The summed E-state index contributed by atoms with van der Waals surface area (Å²) in [5, 5.41) is 0. The number of rotatable bonds is 0. The van der Waals surface area contributed by atoms with Crippen molar-refractivity contribution in [3.8, 4) is 0 Å². The number of Topliss-reactive ketones (excluding diaryl/α,β-unsaturated/α-hetero) is 1. The Morgan fingerprint density at radius 3 is 2.94 bits per heavy atom. The van der Waals surface area contributed by atoms with E-state index in [0.717, 1.165) is 43.0 Å². The lowest BCUT2D eigenvalue weighted by Gasteiger charge is -2.44. The molecule has 3 rings (SSSR count). The first-order valence-electron chi connectivity index (χ1n) is 6.07. The molecular weight excluding hydrogens is 214 g/mol. The highest BCUT2D eigenvalue weighted by Crippen LogP contribution is 2.42. The first-order chi connectivity index (χ1) is 8.00. The van der Waals surface area contributed by atoms with Gasteiger partial charge >= 0.3 is 0 Å². The molecule has 0 bridgehead atoms. The van der Waals surface area contributed by atoms with Crippen molar-refractivity contribution in [2.45, 2.75) is 20.3 Å². The molecule has 0 saturated carbocycles. The zero-order chi connectivity index (χ0) is 12.2. The van der Waals surface area contributed by atoms with Gasteiger partial charge < -0.3 is 10.6 Å². The van der Waals surface area contributed by atoms with Crippen molar-refractivity contribution >= 4 is 11.5 Å². The van der Waals surface area contributed by atoms with Gasteiger partial charge in [-0.3, -0.25) is 9.79 Å². The van der Waals surface area contributed by atoms with E-state index in [2.05, 4.69) is 23.7 Å². The van der Waals surface area contributed by atoms with Crippen LogP contribution in [-0.2, 0) is 4.79 Å². The predicted octanol–water partition coefficient (Wildman–Crippen LogP) is 0.852. The van der Waals surface area contributed by atoms with Gasteiger partial charge in [0.2, 0.25) is 5.78 Å². The maximum Gasteiger partial charge on any atom is 0.207 e. The topological polar surface area (TPSA) is 58.7 Å². The number of carbonyl (C=O) groups is 1. The van der Waals surface area contributed by atoms with Crippen molar-refractivity contribution in [3.63, 3.8) is 0 Å². The zero-order valence-electron chi connectivity index (χ0n) is 10.3. The smallest absolute Gasteiger partial charge is 0.207 e. The molecule has 4 heteroatoms. The van der Waals surface area contributed by atoms with Crippen molar-refractivity contribution in [1.82, 2.24) is 4.90 Å². The molecule has 0 unspecified atom stereocenters. The summed E-state index contributed by atoms with van der Waals surface area (Å²) in [6.07, 6.45) is 2.73. The molecule has 2 aliphatic heterocycles. The average Bonchev–Trinajstić information content (AvgIpc) is 2.27. The molecule has 0 saturated heterocycles. The molecule has 0 amide bonds. The molecule has 0 aromatic heterocycles. The number of nitrogens with two attached hydrogens (primary N) is 1. The summed E-state index contributed by atoms with van der Waals surface area (Å²) in [6.45, 7) is 6.96. The van der Waals surface area contributed by atoms with E-state index in [1.54, 1.807) is 6.08 Å². The van der Waals surface area contributed by atoms with Gasteiger partial charge in [-0.2, -0.15) is 0 Å². The molecule has 0 spiro atoms. The van der Waals surface area contributed by atoms with Crippen LogP contribution in [-0.4, -0.2) is 36.0 Å². The Bertz CT molecular complexity index is 497. The minimum Gasteiger partial charge on any atom is -0.395 e. The van der Waals surface area contributed by atoms with Gasteiger partial charge in [0.1, 0.15) is 0 Å². The maximum absolute atomic E-state index is 12.3. The summed E-state index contributed by atoms with van der Waals surface area (Å²) < 4.78 is 0. The van der Waals surface area contributed by atoms with Crippen LogP contribution >= 0.6 is 0 Å². The van der Waals surface area contributed by atoms with Crippen molar-refractivity contribution in [1.29, 1.82) is 0 Å². The minimum absolute atomic E-state index is 0.00412.